The Kier molecular flexibility index (Phi) is 17.4. The fourth-order valence-electron chi connectivity index (χ4n) is 7.29. The molecule has 0 spiro atoms. The van der Waals surface area contributed by atoms with Crippen LogP contribution in [0.5, 0.6) is 0 Å². The predicted octanol–water partition coefficient (Wildman–Crippen LogP) is 4.32. The van der Waals surface area contributed by atoms with E-state index in [4.69, 9.17) is 14.2 Å². The van der Waals surface area contributed by atoms with Crippen LogP contribution in [0.1, 0.15) is 78.4 Å². The third kappa shape index (κ3) is 14.0. The van der Waals surface area contributed by atoms with Gasteiger partial charge in [0.1, 0.15) is 23.7 Å². The lowest BCUT2D eigenvalue weighted by atomic mass is 9.87. The zero-order valence-corrected chi connectivity index (χ0v) is 34.5. The van der Waals surface area contributed by atoms with Gasteiger partial charge < -0.3 is 35.5 Å². The molecular weight excluding hydrogens is 711 g/mol. The fourth-order valence-corrected chi connectivity index (χ4v) is 7.29. The third-order valence-corrected chi connectivity index (χ3v) is 10.3. The van der Waals surface area contributed by atoms with Gasteiger partial charge in [-0.15, -0.1) is 0 Å². The van der Waals surface area contributed by atoms with Gasteiger partial charge in [-0.1, -0.05) is 95.3 Å². The summed E-state index contributed by atoms with van der Waals surface area (Å²) >= 11 is 0. The van der Waals surface area contributed by atoms with Crippen molar-refractivity contribution in [2.24, 2.45) is 11.8 Å². The normalized spacial score (nSPS) is 19.6. The van der Waals surface area contributed by atoms with Crippen molar-refractivity contribution in [3.8, 4) is 0 Å². The molecule has 4 rings (SSSR count). The van der Waals surface area contributed by atoms with Crippen LogP contribution >= 0.6 is 0 Å². The smallest absolute Gasteiger partial charge is 0.243 e. The number of aryl methyl sites for hydroxylation is 1. The van der Waals surface area contributed by atoms with E-state index in [0.717, 1.165) is 22.5 Å². The molecule has 0 bridgehead atoms. The summed E-state index contributed by atoms with van der Waals surface area (Å²) in [7, 11) is 1.64. The lowest BCUT2D eigenvalue weighted by Crippen LogP contribution is -2.58. The molecule has 4 amide bonds. The number of rotatable bonds is 22. The van der Waals surface area contributed by atoms with Crippen LogP contribution in [-0.4, -0.2) is 105 Å². The minimum absolute atomic E-state index is 0.0371. The maximum atomic E-state index is 14.4. The number of carbonyl (C=O) groups excluding carboxylic acids is 4. The van der Waals surface area contributed by atoms with Crippen LogP contribution in [0.2, 0.25) is 0 Å². The molecule has 2 aromatic rings. The molecule has 4 N–H and O–H groups in total. The second-order valence-corrected chi connectivity index (χ2v) is 16.1. The highest BCUT2D eigenvalue weighted by atomic mass is 16.6. The third-order valence-electron chi connectivity index (χ3n) is 10.3. The van der Waals surface area contributed by atoms with Gasteiger partial charge in [-0.2, -0.15) is 0 Å². The number of nitrogens with zero attached hydrogens (tertiary/aromatic N) is 1. The number of hydrogen-bond donors (Lipinski definition) is 4. The molecule has 12 heteroatoms. The molecule has 0 saturated carbocycles. The Bertz CT molecular complexity index is 1580. The van der Waals surface area contributed by atoms with Crippen LogP contribution in [0.15, 0.2) is 72.0 Å². The van der Waals surface area contributed by atoms with E-state index in [9.17, 15) is 19.2 Å². The molecule has 56 heavy (non-hydrogen) atoms. The standard InChI is InChI=1S/C44H65N5O7/c1-8-38(54-7)40(44(6)29-56-44)35(25-30(2)3)46-43(53)37(27-33-17-13-10-14-18-33)48-42(52)36(26-31(4)5)47-41(51)34(20-19-32-15-11-9-12-16-32)45-39(50)28-49-21-23-55-24-22-49/h9-18,30-31,34-37H,8,19-29H2,1-7H3,(H,45,50)(H,46,53)(H,47,51)(H,48,52). The molecule has 2 fully saturated rings. The topological polar surface area (TPSA) is 151 Å². The van der Waals surface area contributed by atoms with E-state index in [2.05, 4.69) is 35.1 Å². The van der Waals surface area contributed by atoms with Gasteiger partial charge in [-0.3, -0.25) is 24.1 Å². The minimum Gasteiger partial charge on any atom is -0.501 e. The number of ether oxygens (including phenoxy) is 3. The van der Waals surface area contributed by atoms with Crippen LogP contribution in [0, 0.1) is 11.8 Å². The molecule has 0 aromatic heterocycles. The highest BCUT2D eigenvalue weighted by molar-refractivity contribution is 5.94. The highest BCUT2D eigenvalue weighted by Gasteiger charge is 2.48. The zero-order chi connectivity index (χ0) is 40.7. The molecule has 2 saturated heterocycles. The Morgan fingerprint density at radius 2 is 1.27 bits per heavy atom. The summed E-state index contributed by atoms with van der Waals surface area (Å²) in [6.07, 6.45) is 2.75. The molecule has 0 aliphatic carbocycles. The van der Waals surface area contributed by atoms with Gasteiger partial charge in [0, 0.05) is 31.5 Å². The van der Waals surface area contributed by atoms with Crippen molar-refractivity contribution in [1.29, 1.82) is 0 Å². The monoisotopic (exact) mass is 775 g/mol. The molecule has 2 aromatic carbocycles. The van der Waals surface area contributed by atoms with Crippen molar-refractivity contribution in [2.45, 2.75) is 110 Å². The van der Waals surface area contributed by atoms with Crippen LogP contribution < -0.4 is 21.3 Å². The number of nitrogens with one attached hydrogen (secondary N) is 4. The summed E-state index contributed by atoms with van der Waals surface area (Å²) in [5.41, 5.74) is 2.28. The van der Waals surface area contributed by atoms with Gasteiger partial charge >= 0.3 is 0 Å². The number of carbonyl (C=O) groups is 4. The number of epoxide rings is 1. The summed E-state index contributed by atoms with van der Waals surface area (Å²) in [6, 6.07) is 16.2. The molecule has 2 aliphatic rings. The molecule has 2 heterocycles. The Hall–Kier alpha value is -4.26. The predicted molar refractivity (Wildman–Crippen MR) is 217 cm³/mol. The zero-order valence-electron chi connectivity index (χ0n) is 34.5. The van der Waals surface area contributed by atoms with E-state index in [1.807, 2.05) is 93.3 Å². The second-order valence-electron chi connectivity index (χ2n) is 16.1. The van der Waals surface area contributed by atoms with Crippen LogP contribution in [0.4, 0.5) is 0 Å². The lowest BCUT2D eigenvalue weighted by molar-refractivity contribution is -0.134. The van der Waals surface area contributed by atoms with Crippen molar-refractivity contribution in [3.05, 3.63) is 83.1 Å². The lowest BCUT2D eigenvalue weighted by Gasteiger charge is -2.31. The molecule has 5 atom stereocenters. The Morgan fingerprint density at radius 1 is 0.750 bits per heavy atom. The Morgan fingerprint density at radius 3 is 1.82 bits per heavy atom. The maximum absolute atomic E-state index is 14.4. The van der Waals surface area contributed by atoms with Gasteiger partial charge in [0.15, 0.2) is 0 Å². The van der Waals surface area contributed by atoms with Gasteiger partial charge in [0.2, 0.25) is 23.6 Å². The van der Waals surface area contributed by atoms with Gasteiger partial charge in [-0.25, -0.2) is 0 Å². The molecular formula is C44H65N5O7. The summed E-state index contributed by atoms with van der Waals surface area (Å²) in [4.78, 5) is 58.1. The maximum Gasteiger partial charge on any atom is 0.243 e. The Labute approximate surface area is 333 Å². The molecule has 0 radical (unpaired) electrons. The van der Waals surface area contributed by atoms with E-state index >= 15 is 0 Å². The average Bonchev–Trinajstić information content (AvgIpc) is 3.92. The molecule has 5 unspecified atom stereocenters. The molecule has 2 aliphatic heterocycles. The Balaban J connectivity index is 1.57. The quantitative estimate of drug-likeness (QED) is 0.102. The molecule has 308 valence electrons. The fraction of sp³-hybridized carbons (Fsp3) is 0.591. The van der Waals surface area contributed by atoms with E-state index < -0.39 is 41.6 Å². The second kappa shape index (κ2) is 21.9. The first-order valence-corrected chi connectivity index (χ1v) is 20.3. The SMILES string of the molecule is CCC(OC)=C(C(CC(C)C)NC(=O)C(Cc1ccccc1)NC(=O)C(CC(C)C)NC(=O)C(CCc1ccccc1)NC(=O)CN1CCOCC1)C1(C)CO1. The summed E-state index contributed by atoms with van der Waals surface area (Å²) < 4.78 is 17.2. The average molecular weight is 776 g/mol. The molecule has 12 nitrogen and oxygen atoms in total. The number of hydrogen-bond acceptors (Lipinski definition) is 8. The van der Waals surface area contributed by atoms with Crippen LogP contribution in [0.3, 0.4) is 0 Å². The van der Waals surface area contributed by atoms with Crippen LogP contribution in [0.25, 0.3) is 0 Å². The minimum atomic E-state index is -0.954. The van der Waals surface area contributed by atoms with Gasteiger partial charge in [-0.05, 0) is 55.6 Å². The van der Waals surface area contributed by atoms with E-state index in [1.54, 1.807) is 7.11 Å². The first kappa shape index (κ1) is 44.5. The van der Waals surface area contributed by atoms with Crippen molar-refractivity contribution in [1.82, 2.24) is 26.2 Å². The van der Waals surface area contributed by atoms with Crippen molar-refractivity contribution in [2.75, 3.05) is 46.6 Å². The van der Waals surface area contributed by atoms with E-state index in [0.29, 0.717) is 65.0 Å². The summed E-state index contributed by atoms with van der Waals surface area (Å²) in [5, 5.41) is 12.2. The van der Waals surface area contributed by atoms with Gasteiger partial charge in [0.05, 0.1) is 45.3 Å². The van der Waals surface area contributed by atoms with E-state index in [-0.39, 0.29) is 36.6 Å². The summed E-state index contributed by atoms with van der Waals surface area (Å²) in [6.45, 7) is 15.2. The summed E-state index contributed by atoms with van der Waals surface area (Å²) in [5.74, 6) is -0.467. The first-order chi connectivity index (χ1) is 26.8. The number of methoxy groups -OCH3 is 1. The van der Waals surface area contributed by atoms with Crippen molar-refractivity contribution < 1.29 is 33.4 Å². The van der Waals surface area contributed by atoms with E-state index in [1.165, 1.54) is 0 Å². The number of amides is 4. The van der Waals surface area contributed by atoms with Crippen molar-refractivity contribution >= 4 is 23.6 Å². The van der Waals surface area contributed by atoms with Crippen molar-refractivity contribution in [3.63, 3.8) is 0 Å². The number of allylic oxidation sites excluding steroid dienone is 1. The van der Waals surface area contributed by atoms with Crippen LogP contribution in [-0.2, 0) is 46.2 Å². The first-order valence-electron chi connectivity index (χ1n) is 20.3. The highest BCUT2D eigenvalue weighted by Crippen LogP contribution is 2.40. The number of benzene rings is 2. The van der Waals surface area contributed by atoms with Gasteiger partial charge in [0.25, 0.3) is 0 Å². The largest absolute Gasteiger partial charge is 0.501 e. The number of morpholine rings is 1.